The summed E-state index contributed by atoms with van der Waals surface area (Å²) in [6, 6.07) is 11.0. The topological polar surface area (TPSA) is 59.3 Å². The van der Waals surface area contributed by atoms with Crippen molar-refractivity contribution >= 4 is 27.9 Å². The SMILES string of the molecule is O=C(Nc1ccccc1-c1cn2ccsc2n1)c1ccncc1. The Bertz CT molecular complexity index is 946. The van der Waals surface area contributed by atoms with Crippen molar-refractivity contribution in [2.75, 3.05) is 5.32 Å². The van der Waals surface area contributed by atoms with Crippen molar-refractivity contribution < 1.29 is 4.79 Å². The van der Waals surface area contributed by atoms with E-state index in [1.807, 2.05) is 46.4 Å². The van der Waals surface area contributed by atoms with Crippen molar-refractivity contribution in [2.45, 2.75) is 0 Å². The predicted octanol–water partition coefficient (Wildman–Crippen LogP) is 3.71. The highest BCUT2D eigenvalue weighted by Gasteiger charge is 2.12. The molecule has 0 fully saturated rings. The van der Waals surface area contributed by atoms with Gasteiger partial charge in [-0.05, 0) is 18.2 Å². The van der Waals surface area contributed by atoms with Gasteiger partial charge in [-0.15, -0.1) is 11.3 Å². The van der Waals surface area contributed by atoms with E-state index in [0.717, 1.165) is 21.9 Å². The highest BCUT2D eigenvalue weighted by atomic mass is 32.1. The number of aromatic nitrogens is 3. The fourth-order valence-electron chi connectivity index (χ4n) is 2.37. The molecule has 0 atom stereocenters. The summed E-state index contributed by atoms with van der Waals surface area (Å²) in [7, 11) is 0. The summed E-state index contributed by atoms with van der Waals surface area (Å²) >= 11 is 1.58. The smallest absolute Gasteiger partial charge is 0.255 e. The molecule has 1 N–H and O–H groups in total. The molecule has 0 aliphatic carbocycles. The number of imidazole rings is 1. The molecule has 0 spiro atoms. The highest BCUT2D eigenvalue weighted by molar-refractivity contribution is 7.15. The maximum atomic E-state index is 12.4. The molecule has 5 nitrogen and oxygen atoms in total. The van der Waals surface area contributed by atoms with Crippen molar-refractivity contribution in [1.82, 2.24) is 14.4 Å². The average molecular weight is 320 g/mol. The van der Waals surface area contributed by atoms with Gasteiger partial charge in [-0.1, -0.05) is 18.2 Å². The zero-order valence-corrected chi connectivity index (χ0v) is 12.8. The molecule has 0 bridgehead atoms. The number of para-hydroxylation sites is 1. The minimum atomic E-state index is -0.166. The lowest BCUT2D eigenvalue weighted by Gasteiger charge is -2.09. The fraction of sp³-hybridized carbons (Fsp3) is 0. The van der Waals surface area contributed by atoms with Crippen LogP contribution in [0.4, 0.5) is 5.69 Å². The minimum Gasteiger partial charge on any atom is -0.321 e. The molecule has 112 valence electrons. The number of anilines is 1. The lowest BCUT2D eigenvalue weighted by atomic mass is 10.1. The third kappa shape index (κ3) is 2.60. The Hall–Kier alpha value is -2.99. The lowest BCUT2D eigenvalue weighted by molar-refractivity contribution is 0.102. The number of fused-ring (bicyclic) bond motifs is 1. The van der Waals surface area contributed by atoms with Crippen molar-refractivity contribution in [3.63, 3.8) is 0 Å². The monoisotopic (exact) mass is 320 g/mol. The number of hydrogen-bond acceptors (Lipinski definition) is 4. The van der Waals surface area contributed by atoms with Gasteiger partial charge in [-0.25, -0.2) is 4.98 Å². The molecular formula is C17H12N4OS. The van der Waals surface area contributed by atoms with E-state index in [1.165, 1.54) is 0 Å². The molecular weight excluding hydrogens is 308 g/mol. The zero-order chi connectivity index (χ0) is 15.6. The molecule has 6 heteroatoms. The number of thiazole rings is 1. The van der Waals surface area contributed by atoms with Gasteiger partial charge in [0.25, 0.3) is 5.91 Å². The summed E-state index contributed by atoms with van der Waals surface area (Å²) in [6.07, 6.45) is 7.13. The molecule has 0 saturated heterocycles. The number of hydrogen-bond donors (Lipinski definition) is 1. The second-order valence-corrected chi connectivity index (χ2v) is 5.83. The van der Waals surface area contributed by atoms with Gasteiger partial charge in [-0.3, -0.25) is 14.2 Å². The summed E-state index contributed by atoms with van der Waals surface area (Å²) in [6.45, 7) is 0. The molecule has 4 rings (SSSR count). The summed E-state index contributed by atoms with van der Waals surface area (Å²) in [5, 5.41) is 4.94. The second kappa shape index (κ2) is 5.66. The standard InChI is InChI=1S/C17H12N4OS/c22-16(12-5-7-18-8-6-12)19-14-4-2-1-3-13(14)15-11-21-9-10-23-17(21)20-15/h1-11H,(H,19,22). The Balaban J connectivity index is 1.70. The first-order valence-electron chi connectivity index (χ1n) is 7.04. The van der Waals surface area contributed by atoms with Crippen LogP contribution in [0.5, 0.6) is 0 Å². The first-order chi connectivity index (χ1) is 11.3. The normalized spacial score (nSPS) is 10.8. The number of rotatable bonds is 3. The minimum absolute atomic E-state index is 0.166. The van der Waals surface area contributed by atoms with Crippen LogP contribution in [0.2, 0.25) is 0 Å². The van der Waals surface area contributed by atoms with E-state index in [9.17, 15) is 4.79 Å². The van der Waals surface area contributed by atoms with Crippen LogP contribution >= 0.6 is 11.3 Å². The number of pyridine rings is 1. The van der Waals surface area contributed by atoms with Gasteiger partial charge in [0.1, 0.15) is 0 Å². The Labute approximate surface area is 136 Å². The molecule has 0 aliphatic rings. The Morgan fingerprint density at radius 3 is 2.78 bits per heavy atom. The quantitative estimate of drug-likeness (QED) is 0.626. The molecule has 0 radical (unpaired) electrons. The van der Waals surface area contributed by atoms with Crippen LogP contribution in [0.25, 0.3) is 16.2 Å². The van der Waals surface area contributed by atoms with Crippen LogP contribution in [0.15, 0.2) is 66.6 Å². The molecule has 0 aliphatic heterocycles. The number of amides is 1. The summed E-state index contributed by atoms with van der Waals surface area (Å²) < 4.78 is 1.97. The van der Waals surface area contributed by atoms with Gasteiger partial charge in [0.2, 0.25) is 0 Å². The first-order valence-corrected chi connectivity index (χ1v) is 7.92. The van der Waals surface area contributed by atoms with Gasteiger partial charge >= 0.3 is 0 Å². The summed E-state index contributed by atoms with van der Waals surface area (Å²) in [5.74, 6) is -0.166. The van der Waals surface area contributed by atoms with E-state index < -0.39 is 0 Å². The van der Waals surface area contributed by atoms with Gasteiger partial charge in [0.15, 0.2) is 4.96 Å². The van der Waals surface area contributed by atoms with Crippen LogP contribution in [-0.4, -0.2) is 20.3 Å². The van der Waals surface area contributed by atoms with Gasteiger partial charge in [0, 0.05) is 41.3 Å². The third-order valence-corrected chi connectivity index (χ3v) is 4.26. The van der Waals surface area contributed by atoms with Crippen LogP contribution in [0.3, 0.4) is 0 Å². The van der Waals surface area contributed by atoms with E-state index in [1.54, 1.807) is 35.9 Å². The van der Waals surface area contributed by atoms with E-state index in [0.29, 0.717) is 5.56 Å². The Kier molecular flexibility index (Phi) is 3.36. The molecule has 23 heavy (non-hydrogen) atoms. The van der Waals surface area contributed by atoms with Crippen LogP contribution < -0.4 is 5.32 Å². The number of nitrogens with zero attached hydrogens (tertiary/aromatic N) is 3. The molecule has 1 aromatic carbocycles. The third-order valence-electron chi connectivity index (χ3n) is 3.49. The molecule has 0 unspecified atom stereocenters. The van der Waals surface area contributed by atoms with E-state index in [4.69, 9.17) is 0 Å². The van der Waals surface area contributed by atoms with Crippen molar-refractivity contribution in [2.24, 2.45) is 0 Å². The summed E-state index contributed by atoms with van der Waals surface area (Å²) in [4.78, 5) is 21.8. The maximum absolute atomic E-state index is 12.4. The van der Waals surface area contributed by atoms with Crippen LogP contribution in [0.1, 0.15) is 10.4 Å². The largest absolute Gasteiger partial charge is 0.321 e. The lowest BCUT2D eigenvalue weighted by Crippen LogP contribution is -2.12. The second-order valence-electron chi connectivity index (χ2n) is 4.95. The first kappa shape index (κ1) is 13.7. The number of carbonyl (C=O) groups excluding carboxylic acids is 1. The van der Waals surface area contributed by atoms with Gasteiger partial charge in [-0.2, -0.15) is 0 Å². The Morgan fingerprint density at radius 2 is 1.96 bits per heavy atom. The number of nitrogens with one attached hydrogen (secondary N) is 1. The van der Waals surface area contributed by atoms with Crippen molar-refractivity contribution in [3.8, 4) is 11.3 Å². The molecule has 0 saturated carbocycles. The van der Waals surface area contributed by atoms with Crippen LogP contribution in [-0.2, 0) is 0 Å². The molecule has 3 aromatic heterocycles. The molecule has 3 heterocycles. The van der Waals surface area contributed by atoms with Crippen molar-refractivity contribution in [1.29, 1.82) is 0 Å². The van der Waals surface area contributed by atoms with Crippen LogP contribution in [0, 0.1) is 0 Å². The number of carbonyl (C=O) groups is 1. The van der Waals surface area contributed by atoms with Gasteiger partial charge < -0.3 is 5.32 Å². The van der Waals surface area contributed by atoms with E-state index in [2.05, 4.69) is 15.3 Å². The van der Waals surface area contributed by atoms with E-state index >= 15 is 0 Å². The molecule has 1 amide bonds. The van der Waals surface area contributed by atoms with Gasteiger partial charge in [0.05, 0.1) is 11.4 Å². The predicted molar refractivity (Wildman–Crippen MR) is 90.7 cm³/mol. The average Bonchev–Trinajstić information content (AvgIpc) is 3.18. The number of benzene rings is 1. The van der Waals surface area contributed by atoms with Crippen molar-refractivity contribution in [3.05, 3.63) is 72.1 Å². The zero-order valence-electron chi connectivity index (χ0n) is 12.0. The summed E-state index contributed by atoms with van der Waals surface area (Å²) in [5.41, 5.74) is 3.04. The maximum Gasteiger partial charge on any atom is 0.255 e. The van der Waals surface area contributed by atoms with E-state index in [-0.39, 0.29) is 5.91 Å². The Morgan fingerprint density at radius 1 is 1.13 bits per heavy atom. The fourth-order valence-corrected chi connectivity index (χ4v) is 3.07. The highest BCUT2D eigenvalue weighted by Crippen LogP contribution is 2.28. The molecule has 4 aromatic rings.